The second-order valence-corrected chi connectivity index (χ2v) is 6.69. The van der Waals surface area contributed by atoms with E-state index in [1.807, 2.05) is 31.2 Å². The highest BCUT2D eigenvalue weighted by molar-refractivity contribution is 5.95. The first kappa shape index (κ1) is 18.9. The van der Waals surface area contributed by atoms with Crippen LogP contribution >= 0.6 is 0 Å². The maximum atomic E-state index is 13.1. The molecule has 2 aromatic carbocycles. The van der Waals surface area contributed by atoms with Gasteiger partial charge in [-0.15, -0.1) is 0 Å². The minimum Gasteiger partial charge on any atom is -0.484 e. The van der Waals surface area contributed by atoms with E-state index < -0.39 is 5.82 Å². The van der Waals surface area contributed by atoms with Gasteiger partial charge >= 0.3 is 0 Å². The van der Waals surface area contributed by atoms with Crippen molar-refractivity contribution < 1.29 is 18.7 Å². The number of rotatable bonds is 5. The monoisotopic (exact) mass is 370 g/mol. The van der Waals surface area contributed by atoms with Gasteiger partial charge < -0.3 is 15.0 Å². The summed E-state index contributed by atoms with van der Waals surface area (Å²) in [5.74, 6) is -0.274. The highest BCUT2D eigenvalue weighted by Gasteiger charge is 2.24. The van der Waals surface area contributed by atoms with Gasteiger partial charge in [0, 0.05) is 30.8 Å². The van der Waals surface area contributed by atoms with Crippen molar-refractivity contribution in [1.29, 1.82) is 0 Å². The number of nitrogens with one attached hydrogen (secondary N) is 1. The lowest BCUT2D eigenvalue weighted by atomic mass is 10.0. The van der Waals surface area contributed by atoms with Crippen molar-refractivity contribution in [2.24, 2.45) is 0 Å². The Hall–Kier alpha value is -2.89. The summed E-state index contributed by atoms with van der Waals surface area (Å²) in [6.07, 6.45) is 1.40. The molecule has 1 aliphatic heterocycles. The molecule has 27 heavy (non-hydrogen) atoms. The summed E-state index contributed by atoms with van der Waals surface area (Å²) in [7, 11) is 0. The van der Waals surface area contributed by atoms with Gasteiger partial charge in [-0.25, -0.2) is 4.39 Å². The van der Waals surface area contributed by atoms with Gasteiger partial charge in [0.05, 0.1) is 0 Å². The summed E-state index contributed by atoms with van der Waals surface area (Å²) >= 11 is 0. The molecule has 0 aromatic heterocycles. The molecule has 2 amide bonds. The SMILES string of the molecule is Cc1ccccc1C(=O)NC1CCN(C(=O)COc2cccc(F)c2)CC1. The molecule has 0 unspecified atom stereocenters. The molecule has 0 bridgehead atoms. The Morgan fingerprint density at radius 3 is 2.59 bits per heavy atom. The number of carbonyl (C=O) groups excluding carboxylic acids is 2. The van der Waals surface area contributed by atoms with Crippen LogP contribution in [0.2, 0.25) is 0 Å². The Balaban J connectivity index is 1.45. The number of hydrogen-bond donors (Lipinski definition) is 1. The fraction of sp³-hybridized carbons (Fsp3) is 0.333. The third kappa shape index (κ3) is 5.06. The van der Waals surface area contributed by atoms with Gasteiger partial charge in [-0.3, -0.25) is 9.59 Å². The van der Waals surface area contributed by atoms with Gasteiger partial charge in [-0.1, -0.05) is 24.3 Å². The zero-order valence-corrected chi connectivity index (χ0v) is 15.3. The predicted octanol–water partition coefficient (Wildman–Crippen LogP) is 2.93. The van der Waals surface area contributed by atoms with Gasteiger partial charge in [0.25, 0.3) is 11.8 Å². The number of halogens is 1. The highest BCUT2D eigenvalue weighted by Crippen LogP contribution is 2.15. The molecule has 142 valence electrons. The van der Waals surface area contributed by atoms with Crippen molar-refractivity contribution in [2.75, 3.05) is 19.7 Å². The zero-order valence-electron chi connectivity index (χ0n) is 15.3. The molecule has 6 heteroatoms. The molecule has 0 radical (unpaired) electrons. The van der Waals surface area contributed by atoms with Crippen LogP contribution in [0.15, 0.2) is 48.5 Å². The van der Waals surface area contributed by atoms with E-state index >= 15 is 0 Å². The molecular formula is C21H23FN2O3. The van der Waals surface area contributed by atoms with Crippen molar-refractivity contribution in [1.82, 2.24) is 10.2 Å². The lowest BCUT2D eigenvalue weighted by Crippen LogP contribution is -2.47. The molecule has 1 N–H and O–H groups in total. The number of ether oxygens (including phenoxy) is 1. The molecule has 1 fully saturated rings. The van der Waals surface area contributed by atoms with Crippen LogP contribution in [0.4, 0.5) is 4.39 Å². The lowest BCUT2D eigenvalue weighted by Gasteiger charge is -2.32. The molecular weight excluding hydrogens is 347 g/mol. The normalized spacial score (nSPS) is 14.7. The molecule has 1 saturated heterocycles. The molecule has 2 aromatic rings. The first-order valence-electron chi connectivity index (χ1n) is 9.05. The largest absolute Gasteiger partial charge is 0.484 e. The Kier molecular flexibility index (Phi) is 6.06. The van der Waals surface area contributed by atoms with Gasteiger partial charge in [-0.05, 0) is 43.5 Å². The molecule has 1 heterocycles. The Labute approximate surface area is 158 Å². The highest BCUT2D eigenvalue weighted by atomic mass is 19.1. The predicted molar refractivity (Wildman–Crippen MR) is 100 cm³/mol. The summed E-state index contributed by atoms with van der Waals surface area (Å²) < 4.78 is 18.5. The Morgan fingerprint density at radius 1 is 1.15 bits per heavy atom. The van der Waals surface area contributed by atoms with E-state index in [4.69, 9.17) is 4.74 Å². The molecule has 5 nitrogen and oxygen atoms in total. The van der Waals surface area contributed by atoms with E-state index in [0.29, 0.717) is 37.2 Å². The number of carbonyl (C=O) groups is 2. The van der Waals surface area contributed by atoms with Crippen LogP contribution in [-0.2, 0) is 4.79 Å². The number of benzene rings is 2. The standard InChI is InChI=1S/C21H23FN2O3/c1-15-5-2-3-8-19(15)21(26)23-17-9-11-24(12-10-17)20(25)14-27-18-7-4-6-16(22)13-18/h2-8,13,17H,9-12,14H2,1H3,(H,23,26). The van der Waals surface area contributed by atoms with Crippen LogP contribution in [0.3, 0.4) is 0 Å². The van der Waals surface area contributed by atoms with Crippen molar-refractivity contribution in [3.05, 3.63) is 65.5 Å². The van der Waals surface area contributed by atoms with Crippen molar-refractivity contribution in [3.63, 3.8) is 0 Å². The zero-order chi connectivity index (χ0) is 19.2. The van der Waals surface area contributed by atoms with E-state index in [-0.39, 0.29) is 24.5 Å². The summed E-state index contributed by atoms with van der Waals surface area (Å²) in [5.41, 5.74) is 1.62. The molecule has 0 aliphatic carbocycles. The van der Waals surface area contributed by atoms with Gasteiger partial charge in [0.15, 0.2) is 6.61 Å². The van der Waals surface area contributed by atoms with Crippen molar-refractivity contribution in [2.45, 2.75) is 25.8 Å². The summed E-state index contributed by atoms with van der Waals surface area (Å²) in [5, 5.41) is 3.05. The molecule has 0 saturated carbocycles. The van der Waals surface area contributed by atoms with Crippen LogP contribution in [0, 0.1) is 12.7 Å². The number of likely N-dealkylation sites (tertiary alicyclic amines) is 1. The molecule has 1 aliphatic rings. The molecule has 0 atom stereocenters. The lowest BCUT2D eigenvalue weighted by molar-refractivity contribution is -0.134. The minimum absolute atomic E-state index is 0.0466. The maximum Gasteiger partial charge on any atom is 0.260 e. The average molecular weight is 370 g/mol. The third-order valence-electron chi connectivity index (χ3n) is 4.73. The first-order valence-corrected chi connectivity index (χ1v) is 9.05. The van der Waals surface area contributed by atoms with Crippen molar-refractivity contribution in [3.8, 4) is 5.75 Å². The van der Waals surface area contributed by atoms with E-state index in [2.05, 4.69) is 5.32 Å². The van der Waals surface area contributed by atoms with Crippen molar-refractivity contribution >= 4 is 11.8 Å². The van der Waals surface area contributed by atoms with E-state index in [1.165, 1.54) is 18.2 Å². The maximum absolute atomic E-state index is 13.1. The van der Waals surface area contributed by atoms with Crippen LogP contribution in [0.5, 0.6) is 5.75 Å². The van der Waals surface area contributed by atoms with Crippen LogP contribution in [0.25, 0.3) is 0 Å². The number of aryl methyl sites for hydroxylation is 1. The molecule has 0 spiro atoms. The van der Waals surface area contributed by atoms with E-state index in [9.17, 15) is 14.0 Å². The Morgan fingerprint density at radius 2 is 1.89 bits per heavy atom. The summed E-state index contributed by atoms with van der Waals surface area (Å²) in [6, 6.07) is 13.3. The fourth-order valence-corrected chi connectivity index (χ4v) is 3.16. The second-order valence-electron chi connectivity index (χ2n) is 6.69. The van der Waals surface area contributed by atoms with Crippen LogP contribution in [0.1, 0.15) is 28.8 Å². The van der Waals surface area contributed by atoms with Gasteiger partial charge in [0.2, 0.25) is 0 Å². The third-order valence-corrected chi connectivity index (χ3v) is 4.73. The second kappa shape index (κ2) is 8.66. The fourth-order valence-electron chi connectivity index (χ4n) is 3.16. The van der Waals surface area contributed by atoms with Crippen LogP contribution < -0.4 is 10.1 Å². The van der Waals surface area contributed by atoms with Gasteiger partial charge in [-0.2, -0.15) is 0 Å². The smallest absolute Gasteiger partial charge is 0.260 e. The number of nitrogens with zero attached hydrogens (tertiary/aromatic N) is 1. The molecule has 3 rings (SSSR count). The van der Waals surface area contributed by atoms with Crippen LogP contribution in [-0.4, -0.2) is 42.5 Å². The van der Waals surface area contributed by atoms with Gasteiger partial charge in [0.1, 0.15) is 11.6 Å². The first-order chi connectivity index (χ1) is 13.0. The summed E-state index contributed by atoms with van der Waals surface area (Å²) in [4.78, 5) is 26.4. The number of hydrogen-bond acceptors (Lipinski definition) is 3. The average Bonchev–Trinajstić information content (AvgIpc) is 2.67. The van der Waals surface area contributed by atoms with E-state index in [1.54, 1.807) is 11.0 Å². The Bertz CT molecular complexity index is 817. The summed E-state index contributed by atoms with van der Waals surface area (Å²) in [6.45, 7) is 2.91. The van der Waals surface area contributed by atoms with E-state index in [0.717, 1.165) is 5.56 Å². The number of amides is 2. The quantitative estimate of drug-likeness (QED) is 0.880. The number of piperidine rings is 1. The topological polar surface area (TPSA) is 58.6 Å². The minimum atomic E-state index is -0.398.